The van der Waals surface area contributed by atoms with Gasteiger partial charge in [0.05, 0.1) is 5.54 Å². The van der Waals surface area contributed by atoms with Crippen molar-refractivity contribution in [2.45, 2.75) is 45.2 Å². The number of hydrogen-bond donors (Lipinski definition) is 2. The summed E-state index contributed by atoms with van der Waals surface area (Å²) in [6, 6.07) is 0.527. The molecular weight excluding hydrogens is 190 g/mol. The summed E-state index contributed by atoms with van der Waals surface area (Å²) in [5.41, 5.74) is 5.24. The molecule has 0 aromatic carbocycles. The summed E-state index contributed by atoms with van der Waals surface area (Å²) in [4.78, 5) is 13.8. The number of nitrogens with two attached hydrogens (primary N) is 1. The number of carbonyl (C=O) groups excluding carboxylic acids is 1. The Kier molecular flexibility index (Phi) is 4.11. The Hall–Kier alpha value is -0.610. The second kappa shape index (κ2) is 4.94. The Bertz CT molecular complexity index is 224. The minimum Gasteiger partial charge on any atom is -0.353 e. The molecule has 1 amide bonds. The van der Waals surface area contributed by atoms with E-state index in [0.29, 0.717) is 12.6 Å². The van der Waals surface area contributed by atoms with Crippen molar-refractivity contribution in [2.24, 2.45) is 5.73 Å². The normalized spacial score (nSPS) is 18.3. The van der Waals surface area contributed by atoms with Crippen molar-refractivity contribution in [1.29, 1.82) is 0 Å². The summed E-state index contributed by atoms with van der Waals surface area (Å²) in [5.74, 6) is 0.0160. The molecule has 4 heteroatoms. The van der Waals surface area contributed by atoms with Crippen LogP contribution in [-0.2, 0) is 4.79 Å². The van der Waals surface area contributed by atoms with E-state index in [0.717, 1.165) is 25.9 Å². The molecule has 0 unspecified atom stereocenters. The fourth-order valence-corrected chi connectivity index (χ4v) is 1.63. The monoisotopic (exact) mass is 213 g/mol. The first-order valence-electron chi connectivity index (χ1n) is 5.81. The van der Waals surface area contributed by atoms with Crippen molar-refractivity contribution in [1.82, 2.24) is 10.2 Å². The molecule has 0 heterocycles. The Morgan fingerprint density at radius 3 is 2.53 bits per heavy atom. The molecule has 0 bridgehead atoms. The molecule has 1 saturated carbocycles. The summed E-state index contributed by atoms with van der Waals surface area (Å²) in [7, 11) is 0. The molecule has 15 heavy (non-hydrogen) atoms. The topological polar surface area (TPSA) is 58.4 Å². The minimum absolute atomic E-state index is 0.0160. The smallest absolute Gasteiger partial charge is 0.240 e. The lowest BCUT2D eigenvalue weighted by Crippen LogP contribution is -2.46. The first-order valence-corrected chi connectivity index (χ1v) is 5.81. The first kappa shape index (κ1) is 12.5. The zero-order chi connectivity index (χ0) is 11.5. The number of amides is 1. The summed E-state index contributed by atoms with van der Waals surface area (Å²) in [6.45, 7) is 9.07. The summed E-state index contributed by atoms with van der Waals surface area (Å²) < 4.78 is 0. The second-order valence-electron chi connectivity index (χ2n) is 4.63. The summed E-state index contributed by atoms with van der Waals surface area (Å²) >= 11 is 0. The maximum Gasteiger partial charge on any atom is 0.240 e. The van der Waals surface area contributed by atoms with E-state index < -0.39 is 5.54 Å². The lowest BCUT2D eigenvalue weighted by molar-refractivity contribution is -0.123. The van der Waals surface area contributed by atoms with Crippen LogP contribution in [0.25, 0.3) is 0 Å². The number of carbonyl (C=O) groups is 1. The molecule has 0 aliphatic heterocycles. The standard InChI is InChI=1S/C11H23N3O/c1-4-14(9(2)3)8-7-13-10(15)11(12)5-6-11/h9H,4-8,12H2,1-3H3,(H,13,15). The van der Waals surface area contributed by atoms with Gasteiger partial charge in [0.15, 0.2) is 0 Å². The highest BCUT2D eigenvalue weighted by atomic mass is 16.2. The Balaban J connectivity index is 2.17. The van der Waals surface area contributed by atoms with Crippen LogP contribution >= 0.6 is 0 Å². The van der Waals surface area contributed by atoms with E-state index in [2.05, 4.69) is 31.0 Å². The van der Waals surface area contributed by atoms with Crippen molar-refractivity contribution < 1.29 is 4.79 Å². The molecule has 0 aromatic rings. The third-order valence-corrected chi connectivity index (χ3v) is 3.06. The maximum atomic E-state index is 11.5. The average Bonchev–Trinajstić information content (AvgIpc) is 2.91. The molecule has 0 aromatic heterocycles. The van der Waals surface area contributed by atoms with Gasteiger partial charge in [-0.05, 0) is 33.2 Å². The lowest BCUT2D eigenvalue weighted by atomic mass is 10.2. The van der Waals surface area contributed by atoms with Crippen molar-refractivity contribution >= 4 is 5.91 Å². The lowest BCUT2D eigenvalue weighted by Gasteiger charge is -2.25. The largest absolute Gasteiger partial charge is 0.353 e. The van der Waals surface area contributed by atoms with Gasteiger partial charge in [0.1, 0.15) is 0 Å². The minimum atomic E-state index is -0.533. The predicted octanol–water partition coefficient (Wildman–Crippen LogP) is 0.324. The molecule has 0 spiro atoms. The number of nitrogens with one attached hydrogen (secondary N) is 1. The van der Waals surface area contributed by atoms with Crippen LogP contribution in [0.3, 0.4) is 0 Å². The SMILES string of the molecule is CCN(CCNC(=O)C1(N)CC1)C(C)C. The van der Waals surface area contributed by atoms with E-state index in [4.69, 9.17) is 5.73 Å². The first-order chi connectivity index (χ1) is 6.99. The van der Waals surface area contributed by atoms with Gasteiger partial charge in [0.25, 0.3) is 0 Å². The van der Waals surface area contributed by atoms with Gasteiger partial charge in [0, 0.05) is 19.1 Å². The summed E-state index contributed by atoms with van der Waals surface area (Å²) in [5, 5.41) is 2.90. The van der Waals surface area contributed by atoms with E-state index in [1.165, 1.54) is 0 Å². The van der Waals surface area contributed by atoms with Gasteiger partial charge < -0.3 is 11.1 Å². The summed E-state index contributed by atoms with van der Waals surface area (Å²) in [6.07, 6.45) is 1.67. The molecule has 3 N–H and O–H groups in total. The maximum absolute atomic E-state index is 11.5. The highest BCUT2D eigenvalue weighted by molar-refractivity contribution is 5.88. The van der Waals surface area contributed by atoms with Gasteiger partial charge in [-0.2, -0.15) is 0 Å². The number of likely N-dealkylation sites (N-methyl/N-ethyl adjacent to an activating group) is 1. The quantitative estimate of drug-likeness (QED) is 0.668. The molecule has 4 nitrogen and oxygen atoms in total. The fourth-order valence-electron chi connectivity index (χ4n) is 1.63. The molecule has 1 fully saturated rings. The van der Waals surface area contributed by atoms with Gasteiger partial charge >= 0.3 is 0 Å². The molecule has 1 aliphatic carbocycles. The second-order valence-corrected chi connectivity index (χ2v) is 4.63. The van der Waals surface area contributed by atoms with Gasteiger partial charge in [-0.1, -0.05) is 6.92 Å². The predicted molar refractivity (Wildman–Crippen MR) is 61.5 cm³/mol. The Morgan fingerprint density at radius 2 is 2.13 bits per heavy atom. The van der Waals surface area contributed by atoms with Crippen LogP contribution in [0.1, 0.15) is 33.6 Å². The van der Waals surface area contributed by atoms with E-state index in [-0.39, 0.29) is 5.91 Å². The van der Waals surface area contributed by atoms with Crippen LogP contribution in [0.5, 0.6) is 0 Å². The van der Waals surface area contributed by atoms with E-state index in [9.17, 15) is 4.79 Å². The third-order valence-electron chi connectivity index (χ3n) is 3.06. The average molecular weight is 213 g/mol. The van der Waals surface area contributed by atoms with Crippen molar-refractivity contribution in [3.05, 3.63) is 0 Å². The van der Waals surface area contributed by atoms with Crippen molar-refractivity contribution in [2.75, 3.05) is 19.6 Å². The zero-order valence-corrected chi connectivity index (χ0v) is 10.0. The Morgan fingerprint density at radius 1 is 1.53 bits per heavy atom. The van der Waals surface area contributed by atoms with Crippen LogP contribution in [-0.4, -0.2) is 42.0 Å². The van der Waals surface area contributed by atoms with Gasteiger partial charge in [-0.25, -0.2) is 0 Å². The Labute approximate surface area is 92.2 Å². The van der Waals surface area contributed by atoms with Crippen LogP contribution in [0.15, 0.2) is 0 Å². The molecule has 1 aliphatic rings. The molecule has 0 radical (unpaired) electrons. The molecular formula is C11H23N3O. The molecule has 0 atom stereocenters. The van der Waals surface area contributed by atoms with Crippen molar-refractivity contribution in [3.63, 3.8) is 0 Å². The van der Waals surface area contributed by atoms with Gasteiger partial charge in [0.2, 0.25) is 5.91 Å². The van der Waals surface area contributed by atoms with Gasteiger partial charge in [-0.3, -0.25) is 9.69 Å². The highest BCUT2D eigenvalue weighted by Gasteiger charge is 2.45. The number of rotatable bonds is 6. The fraction of sp³-hybridized carbons (Fsp3) is 0.909. The highest BCUT2D eigenvalue weighted by Crippen LogP contribution is 2.31. The van der Waals surface area contributed by atoms with E-state index in [1.54, 1.807) is 0 Å². The van der Waals surface area contributed by atoms with Crippen molar-refractivity contribution in [3.8, 4) is 0 Å². The van der Waals surface area contributed by atoms with Gasteiger partial charge in [-0.15, -0.1) is 0 Å². The van der Waals surface area contributed by atoms with E-state index >= 15 is 0 Å². The molecule has 0 saturated heterocycles. The van der Waals surface area contributed by atoms with Crippen LogP contribution in [0.2, 0.25) is 0 Å². The van der Waals surface area contributed by atoms with Crippen LogP contribution in [0, 0.1) is 0 Å². The zero-order valence-electron chi connectivity index (χ0n) is 10.0. The molecule has 1 rings (SSSR count). The third kappa shape index (κ3) is 3.47. The molecule has 88 valence electrons. The number of nitrogens with zero attached hydrogens (tertiary/aromatic N) is 1. The number of hydrogen-bond acceptors (Lipinski definition) is 3. The van der Waals surface area contributed by atoms with E-state index in [1.807, 2.05) is 0 Å². The van der Waals surface area contributed by atoms with Crippen LogP contribution in [0.4, 0.5) is 0 Å². The van der Waals surface area contributed by atoms with Crippen LogP contribution < -0.4 is 11.1 Å².